The van der Waals surface area contributed by atoms with Crippen molar-refractivity contribution in [2.45, 2.75) is 38.3 Å². The van der Waals surface area contributed by atoms with Crippen molar-refractivity contribution in [3.63, 3.8) is 0 Å². The van der Waals surface area contributed by atoms with Gasteiger partial charge in [0, 0.05) is 45.0 Å². The van der Waals surface area contributed by atoms with E-state index >= 15 is 0 Å². The van der Waals surface area contributed by atoms with Crippen molar-refractivity contribution < 1.29 is 4.39 Å². The van der Waals surface area contributed by atoms with E-state index in [-0.39, 0.29) is 5.82 Å². The zero-order valence-corrected chi connectivity index (χ0v) is 13.9. The van der Waals surface area contributed by atoms with Gasteiger partial charge in [0.05, 0.1) is 29.8 Å². The lowest BCUT2D eigenvalue weighted by Crippen LogP contribution is -2.46. The molecule has 6 heteroatoms. The highest BCUT2D eigenvalue weighted by Crippen LogP contribution is 2.28. The third kappa shape index (κ3) is 3.43. The molecule has 2 aromatic heterocycles. The monoisotopic (exact) mass is 329 g/mol. The molecule has 1 aliphatic carbocycles. The predicted molar refractivity (Wildman–Crippen MR) is 91.4 cm³/mol. The Balaban J connectivity index is 1.31. The van der Waals surface area contributed by atoms with Gasteiger partial charge in [-0.15, -0.1) is 0 Å². The predicted octanol–water partition coefficient (Wildman–Crippen LogP) is 2.85. The fourth-order valence-electron chi connectivity index (χ4n) is 3.80. The maximum absolute atomic E-state index is 13.3. The summed E-state index contributed by atoms with van der Waals surface area (Å²) in [4.78, 5) is 8.56. The molecular formula is C18H24FN5. The Morgan fingerprint density at radius 2 is 1.88 bits per heavy atom. The standard InChI is InChI=1S/C18H24FN5/c19-15-11-18(13-20-12-15)23-9-7-22(8-10-23)14-16-5-6-24(21-16)17-3-1-2-4-17/h5-6,11-13,17H,1-4,7-10,14H2. The lowest BCUT2D eigenvalue weighted by molar-refractivity contribution is 0.245. The molecule has 0 N–H and O–H groups in total. The molecule has 24 heavy (non-hydrogen) atoms. The van der Waals surface area contributed by atoms with Gasteiger partial charge in [-0.1, -0.05) is 12.8 Å². The minimum Gasteiger partial charge on any atom is -0.368 e. The number of halogens is 1. The van der Waals surface area contributed by atoms with E-state index in [1.165, 1.54) is 31.9 Å². The molecule has 3 heterocycles. The smallest absolute Gasteiger partial charge is 0.143 e. The van der Waals surface area contributed by atoms with Crippen LogP contribution in [0.15, 0.2) is 30.7 Å². The van der Waals surface area contributed by atoms with Gasteiger partial charge >= 0.3 is 0 Å². The summed E-state index contributed by atoms with van der Waals surface area (Å²) in [5.41, 5.74) is 2.03. The molecule has 1 saturated heterocycles. The average molecular weight is 329 g/mol. The van der Waals surface area contributed by atoms with Gasteiger partial charge in [0.15, 0.2) is 0 Å². The average Bonchev–Trinajstić information content (AvgIpc) is 3.27. The SMILES string of the molecule is Fc1cncc(N2CCN(Cc3ccn(C4CCCC4)n3)CC2)c1. The second-order valence-electron chi connectivity index (χ2n) is 6.85. The van der Waals surface area contributed by atoms with E-state index < -0.39 is 0 Å². The number of anilines is 1. The van der Waals surface area contributed by atoms with E-state index in [4.69, 9.17) is 5.10 Å². The molecule has 0 amide bonds. The van der Waals surface area contributed by atoms with E-state index in [2.05, 4.69) is 31.7 Å². The number of aromatic nitrogens is 3. The largest absolute Gasteiger partial charge is 0.368 e. The van der Waals surface area contributed by atoms with Crippen LogP contribution in [0.3, 0.4) is 0 Å². The van der Waals surface area contributed by atoms with Gasteiger partial charge in [-0.05, 0) is 18.9 Å². The van der Waals surface area contributed by atoms with Crippen LogP contribution in [0.1, 0.15) is 37.4 Å². The first kappa shape index (κ1) is 15.6. The number of piperazine rings is 1. The Kier molecular flexibility index (Phi) is 4.47. The van der Waals surface area contributed by atoms with Gasteiger partial charge in [-0.2, -0.15) is 5.10 Å². The number of rotatable bonds is 4. The maximum Gasteiger partial charge on any atom is 0.143 e. The molecule has 0 radical (unpaired) electrons. The van der Waals surface area contributed by atoms with Crippen LogP contribution >= 0.6 is 0 Å². The van der Waals surface area contributed by atoms with E-state index in [9.17, 15) is 4.39 Å². The number of pyridine rings is 1. The summed E-state index contributed by atoms with van der Waals surface area (Å²) in [5, 5.41) is 4.78. The minimum atomic E-state index is -0.271. The quantitative estimate of drug-likeness (QED) is 0.864. The number of nitrogens with zero attached hydrogens (tertiary/aromatic N) is 5. The van der Waals surface area contributed by atoms with Crippen LogP contribution < -0.4 is 4.90 Å². The van der Waals surface area contributed by atoms with Gasteiger partial charge in [-0.3, -0.25) is 14.6 Å². The molecule has 2 aliphatic rings. The van der Waals surface area contributed by atoms with E-state index in [0.717, 1.165) is 44.1 Å². The lowest BCUT2D eigenvalue weighted by atomic mass is 10.2. The van der Waals surface area contributed by atoms with Crippen molar-refractivity contribution in [1.29, 1.82) is 0 Å². The Hall–Kier alpha value is -1.95. The molecule has 0 aromatic carbocycles. The van der Waals surface area contributed by atoms with Crippen LogP contribution in [0.25, 0.3) is 0 Å². The van der Waals surface area contributed by atoms with Gasteiger partial charge < -0.3 is 4.90 Å². The van der Waals surface area contributed by atoms with Gasteiger partial charge in [0.2, 0.25) is 0 Å². The van der Waals surface area contributed by atoms with Crippen LogP contribution in [-0.4, -0.2) is 45.8 Å². The molecule has 2 fully saturated rings. The fourth-order valence-corrected chi connectivity index (χ4v) is 3.80. The molecule has 0 unspecified atom stereocenters. The molecule has 1 aliphatic heterocycles. The highest BCUT2D eigenvalue weighted by molar-refractivity contribution is 5.44. The van der Waals surface area contributed by atoms with E-state index in [1.807, 2.05) is 0 Å². The molecule has 0 atom stereocenters. The Bertz CT molecular complexity index is 672. The fraction of sp³-hybridized carbons (Fsp3) is 0.556. The topological polar surface area (TPSA) is 37.2 Å². The van der Waals surface area contributed by atoms with Crippen molar-refractivity contribution in [1.82, 2.24) is 19.7 Å². The van der Waals surface area contributed by atoms with Gasteiger partial charge in [0.1, 0.15) is 5.82 Å². The summed E-state index contributed by atoms with van der Waals surface area (Å²) < 4.78 is 15.5. The summed E-state index contributed by atoms with van der Waals surface area (Å²) in [5.74, 6) is -0.271. The normalized spacial score (nSPS) is 20.0. The van der Waals surface area contributed by atoms with Crippen molar-refractivity contribution in [3.05, 3.63) is 42.2 Å². The van der Waals surface area contributed by atoms with Gasteiger partial charge in [0.25, 0.3) is 0 Å². The second kappa shape index (κ2) is 6.89. The molecule has 5 nitrogen and oxygen atoms in total. The highest BCUT2D eigenvalue weighted by Gasteiger charge is 2.20. The van der Waals surface area contributed by atoms with Crippen molar-refractivity contribution >= 4 is 5.69 Å². The molecular weight excluding hydrogens is 305 g/mol. The second-order valence-corrected chi connectivity index (χ2v) is 6.85. The van der Waals surface area contributed by atoms with Crippen LogP contribution in [0.5, 0.6) is 0 Å². The van der Waals surface area contributed by atoms with Crippen molar-refractivity contribution in [2.24, 2.45) is 0 Å². The summed E-state index contributed by atoms with van der Waals surface area (Å²) in [6, 6.07) is 4.32. The zero-order valence-electron chi connectivity index (χ0n) is 13.9. The summed E-state index contributed by atoms with van der Waals surface area (Å²) in [6.07, 6.45) is 10.3. The third-order valence-electron chi connectivity index (χ3n) is 5.18. The zero-order chi connectivity index (χ0) is 16.4. The Morgan fingerprint density at radius 1 is 1.08 bits per heavy atom. The maximum atomic E-state index is 13.3. The van der Waals surface area contributed by atoms with Gasteiger partial charge in [-0.25, -0.2) is 4.39 Å². The third-order valence-corrected chi connectivity index (χ3v) is 5.18. The number of hydrogen-bond acceptors (Lipinski definition) is 4. The Labute approximate surface area is 142 Å². The molecule has 1 saturated carbocycles. The summed E-state index contributed by atoms with van der Waals surface area (Å²) >= 11 is 0. The van der Waals surface area contributed by atoms with Crippen LogP contribution in [0, 0.1) is 5.82 Å². The molecule has 0 bridgehead atoms. The van der Waals surface area contributed by atoms with Crippen molar-refractivity contribution in [3.8, 4) is 0 Å². The summed E-state index contributed by atoms with van der Waals surface area (Å²) in [6.45, 7) is 4.62. The van der Waals surface area contributed by atoms with Crippen LogP contribution in [0.2, 0.25) is 0 Å². The molecule has 4 rings (SSSR count). The Morgan fingerprint density at radius 3 is 2.62 bits per heavy atom. The first-order chi connectivity index (χ1) is 11.8. The highest BCUT2D eigenvalue weighted by atomic mass is 19.1. The van der Waals surface area contributed by atoms with Crippen molar-refractivity contribution in [2.75, 3.05) is 31.1 Å². The summed E-state index contributed by atoms with van der Waals surface area (Å²) in [7, 11) is 0. The molecule has 2 aromatic rings. The first-order valence-electron chi connectivity index (χ1n) is 8.90. The van der Waals surface area contributed by atoms with E-state index in [1.54, 1.807) is 12.3 Å². The lowest BCUT2D eigenvalue weighted by Gasteiger charge is -2.35. The van der Waals surface area contributed by atoms with Crippen LogP contribution in [-0.2, 0) is 6.54 Å². The van der Waals surface area contributed by atoms with E-state index in [0.29, 0.717) is 6.04 Å². The number of hydrogen-bond donors (Lipinski definition) is 0. The first-order valence-corrected chi connectivity index (χ1v) is 8.90. The van der Waals surface area contributed by atoms with Crippen LogP contribution in [0.4, 0.5) is 10.1 Å². The molecule has 128 valence electrons. The molecule has 0 spiro atoms. The minimum absolute atomic E-state index is 0.271.